The Morgan fingerprint density at radius 2 is 2.20 bits per heavy atom. The number of nitrogens with one attached hydrogen (secondary N) is 2. The third kappa shape index (κ3) is 3.64. The summed E-state index contributed by atoms with van der Waals surface area (Å²) in [6.07, 6.45) is 0.637. The molecule has 2 amide bonds. The lowest BCUT2D eigenvalue weighted by Crippen LogP contribution is -2.33. The van der Waals surface area contributed by atoms with E-state index < -0.39 is 0 Å². The van der Waals surface area contributed by atoms with Crippen LogP contribution < -0.4 is 10.7 Å². The molecule has 1 aromatic rings. The zero-order chi connectivity index (χ0) is 14.4. The smallest absolute Gasteiger partial charge is 0.271 e. The summed E-state index contributed by atoms with van der Waals surface area (Å²) < 4.78 is 5.36. The number of ether oxygens (including phenoxy) is 1. The molecule has 6 nitrogen and oxygen atoms in total. The van der Waals surface area contributed by atoms with Crippen LogP contribution in [-0.4, -0.2) is 24.1 Å². The van der Waals surface area contributed by atoms with E-state index in [0.717, 1.165) is 5.56 Å². The predicted molar refractivity (Wildman–Crippen MR) is 75.2 cm³/mol. The van der Waals surface area contributed by atoms with Crippen LogP contribution in [0.3, 0.4) is 0 Å². The molecule has 1 aromatic carbocycles. The molecule has 1 heterocycles. The van der Waals surface area contributed by atoms with Gasteiger partial charge < -0.3 is 10.1 Å². The van der Waals surface area contributed by atoms with Gasteiger partial charge in [-0.15, -0.1) is 0 Å². The number of nitrogens with zero attached hydrogens (tertiary/aromatic N) is 1. The third-order valence-corrected chi connectivity index (χ3v) is 2.89. The Hall–Kier alpha value is -2.21. The van der Waals surface area contributed by atoms with E-state index in [1.54, 1.807) is 0 Å². The standard InChI is InChI=1S/C14H17N3O3/c1-2-20-9-10-5-3-4-6-11(10)15-14(19)12-7-8-13(18)17-16-12/h3-6H,2,7-9H2,1H3,(H,15,19)(H,17,18). The van der Waals surface area contributed by atoms with Crippen LogP contribution in [0.25, 0.3) is 0 Å². The molecule has 0 bridgehead atoms. The second kappa shape index (κ2) is 6.81. The first-order valence-corrected chi connectivity index (χ1v) is 6.53. The Balaban J connectivity index is 2.06. The van der Waals surface area contributed by atoms with Gasteiger partial charge in [-0.1, -0.05) is 18.2 Å². The van der Waals surface area contributed by atoms with Gasteiger partial charge in [0.1, 0.15) is 5.71 Å². The van der Waals surface area contributed by atoms with Crippen LogP contribution in [0.1, 0.15) is 25.3 Å². The van der Waals surface area contributed by atoms with Crippen LogP contribution in [0.2, 0.25) is 0 Å². The molecular weight excluding hydrogens is 258 g/mol. The van der Waals surface area contributed by atoms with Crippen molar-refractivity contribution in [1.82, 2.24) is 5.43 Å². The topological polar surface area (TPSA) is 79.8 Å². The number of amides is 2. The molecule has 0 fully saturated rings. The van der Waals surface area contributed by atoms with Crippen molar-refractivity contribution in [2.45, 2.75) is 26.4 Å². The molecule has 106 valence electrons. The average Bonchev–Trinajstić information content (AvgIpc) is 2.47. The van der Waals surface area contributed by atoms with Gasteiger partial charge in [-0.05, 0) is 13.0 Å². The van der Waals surface area contributed by atoms with Crippen LogP contribution in [0.4, 0.5) is 5.69 Å². The summed E-state index contributed by atoms with van der Waals surface area (Å²) in [6, 6.07) is 7.45. The number of anilines is 1. The summed E-state index contributed by atoms with van der Waals surface area (Å²) in [5, 5.41) is 6.58. The monoisotopic (exact) mass is 275 g/mol. The fourth-order valence-corrected chi connectivity index (χ4v) is 1.81. The van der Waals surface area contributed by atoms with E-state index >= 15 is 0 Å². The quantitative estimate of drug-likeness (QED) is 0.853. The first-order valence-electron chi connectivity index (χ1n) is 6.53. The number of hydrazone groups is 1. The predicted octanol–water partition coefficient (Wildman–Crippen LogP) is 1.43. The van der Waals surface area contributed by atoms with Crippen molar-refractivity contribution in [3.8, 4) is 0 Å². The van der Waals surface area contributed by atoms with E-state index in [9.17, 15) is 9.59 Å². The van der Waals surface area contributed by atoms with Gasteiger partial charge in [0.25, 0.3) is 5.91 Å². The average molecular weight is 275 g/mol. The third-order valence-electron chi connectivity index (χ3n) is 2.89. The number of carbonyl (C=O) groups is 2. The highest BCUT2D eigenvalue weighted by atomic mass is 16.5. The molecule has 1 aliphatic rings. The van der Waals surface area contributed by atoms with Gasteiger partial charge in [-0.2, -0.15) is 5.10 Å². The zero-order valence-electron chi connectivity index (χ0n) is 11.3. The molecular formula is C14H17N3O3. The lowest BCUT2D eigenvalue weighted by atomic mass is 10.1. The maximum absolute atomic E-state index is 12.1. The number of hydrogen-bond donors (Lipinski definition) is 2. The number of carbonyl (C=O) groups excluding carboxylic acids is 2. The van der Waals surface area contributed by atoms with Crippen molar-refractivity contribution in [3.05, 3.63) is 29.8 Å². The summed E-state index contributed by atoms with van der Waals surface area (Å²) >= 11 is 0. The Morgan fingerprint density at radius 3 is 2.90 bits per heavy atom. The first-order chi connectivity index (χ1) is 9.70. The zero-order valence-corrected chi connectivity index (χ0v) is 11.3. The lowest BCUT2D eigenvalue weighted by Gasteiger charge is -2.14. The van der Waals surface area contributed by atoms with Gasteiger partial charge >= 0.3 is 0 Å². The lowest BCUT2D eigenvalue weighted by molar-refractivity contribution is -0.121. The Labute approximate surface area is 117 Å². The van der Waals surface area contributed by atoms with Gasteiger partial charge in [0.2, 0.25) is 5.91 Å². The maximum Gasteiger partial charge on any atom is 0.271 e. The van der Waals surface area contributed by atoms with Gasteiger partial charge in [0.05, 0.1) is 6.61 Å². The van der Waals surface area contributed by atoms with Crippen LogP contribution in [0.15, 0.2) is 29.4 Å². The minimum absolute atomic E-state index is 0.168. The molecule has 1 aliphatic heterocycles. The molecule has 0 saturated carbocycles. The maximum atomic E-state index is 12.1. The SMILES string of the molecule is CCOCc1ccccc1NC(=O)C1=NNC(=O)CC1. The Morgan fingerprint density at radius 1 is 1.40 bits per heavy atom. The molecule has 0 aromatic heterocycles. The van der Waals surface area contributed by atoms with Gasteiger partial charge in [0.15, 0.2) is 0 Å². The van der Waals surface area contributed by atoms with Crippen molar-refractivity contribution in [3.63, 3.8) is 0 Å². The summed E-state index contributed by atoms with van der Waals surface area (Å²) in [5.74, 6) is -0.466. The highest BCUT2D eigenvalue weighted by Crippen LogP contribution is 2.16. The van der Waals surface area contributed by atoms with Gasteiger partial charge in [-0.3, -0.25) is 9.59 Å². The van der Waals surface area contributed by atoms with Gasteiger partial charge in [0, 0.05) is 30.7 Å². The summed E-state index contributed by atoms with van der Waals surface area (Å²) in [5.41, 5.74) is 4.25. The molecule has 2 rings (SSSR count). The van der Waals surface area contributed by atoms with Crippen LogP contribution in [-0.2, 0) is 20.9 Å². The minimum atomic E-state index is -0.297. The second-order valence-corrected chi connectivity index (χ2v) is 4.34. The molecule has 0 saturated heterocycles. The molecule has 0 radical (unpaired) electrons. The summed E-state index contributed by atoms with van der Waals surface area (Å²) in [7, 11) is 0. The van der Waals surface area contributed by atoms with Crippen molar-refractivity contribution in [2.24, 2.45) is 5.10 Å². The number of benzene rings is 1. The van der Waals surface area contributed by atoms with Crippen molar-refractivity contribution in [2.75, 3.05) is 11.9 Å². The van der Waals surface area contributed by atoms with Crippen molar-refractivity contribution >= 4 is 23.2 Å². The second-order valence-electron chi connectivity index (χ2n) is 4.34. The molecule has 2 N–H and O–H groups in total. The van der Waals surface area contributed by atoms with Crippen LogP contribution >= 0.6 is 0 Å². The van der Waals surface area contributed by atoms with Gasteiger partial charge in [-0.25, -0.2) is 5.43 Å². The van der Waals surface area contributed by atoms with Crippen LogP contribution in [0.5, 0.6) is 0 Å². The van der Waals surface area contributed by atoms with E-state index in [-0.39, 0.29) is 18.2 Å². The molecule has 6 heteroatoms. The van der Waals surface area contributed by atoms with Crippen LogP contribution in [0, 0.1) is 0 Å². The number of hydrogen-bond acceptors (Lipinski definition) is 4. The van der Waals surface area contributed by atoms with E-state index in [1.807, 2.05) is 31.2 Å². The van der Waals surface area contributed by atoms with E-state index in [0.29, 0.717) is 31.0 Å². The highest BCUT2D eigenvalue weighted by Gasteiger charge is 2.18. The van der Waals surface area contributed by atoms with Crippen molar-refractivity contribution < 1.29 is 14.3 Å². The Bertz CT molecular complexity index is 540. The van der Waals surface area contributed by atoms with E-state index in [4.69, 9.17) is 4.74 Å². The number of para-hydroxylation sites is 1. The summed E-state index contributed by atoms with van der Waals surface area (Å²) in [4.78, 5) is 23.1. The largest absolute Gasteiger partial charge is 0.377 e. The summed E-state index contributed by atoms with van der Waals surface area (Å²) in [6.45, 7) is 2.97. The van der Waals surface area contributed by atoms with E-state index in [1.165, 1.54) is 0 Å². The molecule has 0 unspecified atom stereocenters. The number of rotatable bonds is 5. The normalized spacial score (nSPS) is 14.4. The highest BCUT2D eigenvalue weighted by molar-refractivity contribution is 6.43. The fourth-order valence-electron chi connectivity index (χ4n) is 1.81. The molecule has 0 atom stereocenters. The van der Waals surface area contributed by atoms with E-state index in [2.05, 4.69) is 15.8 Å². The van der Waals surface area contributed by atoms with Crippen molar-refractivity contribution in [1.29, 1.82) is 0 Å². The first kappa shape index (κ1) is 14.2. The molecule has 0 spiro atoms. The minimum Gasteiger partial charge on any atom is -0.377 e. The molecule has 0 aliphatic carbocycles. The molecule has 20 heavy (non-hydrogen) atoms. The Kier molecular flexibility index (Phi) is 4.84. The fraction of sp³-hybridized carbons (Fsp3) is 0.357.